The van der Waals surface area contributed by atoms with Gasteiger partial charge in [-0.25, -0.2) is 0 Å². The summed E-state index contributed by atoms with van der Waals surface area (Å²) in [6.45, 7) is 2.62. The number of nitrogens with zero attached hydrogens (tertiary/aromatic N) is 1. The normalized spacial score (nSPS) is 21.5. The van der Waals surface area contributed by atoms with Crippen LogP contribution in [-0.2, 0) is 16.0 Å². The largest absolute Gasteiger partial charge is 0.369 e. The van der Waals surface area contributed by atoms with Gasteiger partial charge in [0.15, 0.2) is 0 Å². The van der Waals surface area contributed by atoms with Crippen molar-refractivity contribution in [2.24, 2.45) is 5.41 Å². The summed E-state index contributed by atoms with van der Waals surface area (Å²) in [6, 6.07) is 18.0. The number of carbonyl (C=O) groups is 2. The van der Waals surface area contributed by atoms with Gasteiger partial charge in [-0.05, 0) is 37.0 Å². The second-order valence-corrected chi connectivity index (χ2v) is 8.55. The molecule has 5 rings (SSSR count). The Labute approximate surface area is 170 Å². The molecule has 29 heavy (non-hydrogen) atoms. The van der Waals surface area contributed by atoms with Crippen molar-refractivity contribution in [3.8, 4) is 0 Å². The number of fused-ring (bicyclic) bond motifs is 1. The lowest BCUT2D eigenvalue weighted by Crippen LogP contribution is -2.66. The van der Waals surface area contributed by atoms with Crippen molar-refractivity contribution >= 4 is 23.2 Å². The summed E-state index contributed by atoms with van der Waals surface area (Å²) >= 11 is 0. The third-order valence-electron chi connectivity index (χ3n) is 6.65. The summed E-state index contributed by atoms with van der Waals surface area (Å²) in [5, 5.41) is 9.79. The van der Waals surface area contributed by atoms with E-state index in [4.69, 9.17) is 0 Å². The number of carbonyl (C=O) groups excluding carboxylic acids is 2. The van der Waals surface area contributed by atoms with Crippen molar-refractivity contribution in [3.63, 3.8) is 0 Å². The first-order valence-electron chi connectivity index (χ1n) is 10.3. The lowest BCUT2D eigenvalue weighted by molar-refractivity contribution is -0.147. The third kappa shape index (κ3) is 3.08. The molecule has 3 N–H and O–H groups in total. The first-order chi connectivity index (χ1) is 14.1. The van der Waals surface area contributed by atoms with E-state index in [1.54, 1.807) is 0 Å². The van der Waals surface area contributed by atoms with E-state index in [9.17, 15) is 9.59 Å². The Balaban J connectivity index is 1.29. The predicted octanol–water partition coefficient (Wildman–Crippen LogP) is 2.24. The van der Waals surface area contributed by atoms with Crippen molar-refractivity contribution < 1.29 is 9.59 Å². The van der Waals surface area contributed by atoms with Gasteiger partial charge in [0.25, 0.3) is 0 Å². The summed E-state index contributed by atoms with van der Waals surface area (Å²) in [7, 11) is 0. The van der Waals surface area contributed by atoms with Crippen molar-refractivity contribution in [3.05, 3.63) is 60.2 Å². The molecule has 0 radical (unpaired) electrons. The molecule has 0 saturated carbocycles. The third-order valence-corrected chi connectivity index (χ3v) is 6.65. The predicted molar refractivity (Wildman–Crippen MR) is 113 cm³/mol. The molecule has 0 bridgehead atoms. The van der Waals surface area contributed by atoms with E-state index in [0.29, 0.717) is 39.0 Å². The van der Waals surface area contributed by atoms with Crippen molar-refractivity contribution in [2.45, 2.75) is 24.8 Å². The van der Waals surface area contributed by atoms with Gasteiger partial charge < -0.3 is 20.9 Å². The van der Waals surface area contributed by atoms with E-state index in [1.807, 2.05) is 47.4 Å². The first kappa shape index (κ1) is 18.2. The lowest BCUT2D eigenvalue weighted by Gasteiger charge is -2.48. The maximum atomic E-state index is 13.4. The van der Waals surface area contributed by atoms with Crippen LogP contribution in [0.1, 0.15) is 18.4 Å². The highest BCUT2D eigenvalue weighted by Crippen LogP contribution is 2.38. The van der Waals surface area contributed by atoms with E-state index in [2.05, 4.69) is 28.1 Å². The second-order valence-electron chi connectivity index (χ2n) is 8.55. The van der Waals surface area contributed by atoms with Gasteiger partial charge >= 0.3 is 0 Å². The molecule has 2 amide bonds. The molecule has 0 atom stereocenters. The molecular formula is C23H26N4O2. The highest BCUT2D eigenvalue weighted by Gasteiger charge is 2.50. The van der Waals surface area contributed by atoms with E-state index in [0.717, 1.165) is 17.8 Å². The second kappa shape index (κ2) is 6.88. The van der Waals surface area contributed by atoms with E-state index in [1.165, 1.54) is 5.56 Å². The molecule has 3 aliphatic heterocycles. The van der Waals surface area contributed by atoms with Gasteiger partial charge in [0.1, 0.15) is 5.54 Å². The zero-order chi connectivity index (χ0) is 19.9. The Hall–Kier alpha value is -2.86. The van der Waals surface area contributed by atoms with Crippen LogP contribution in [0.15, 0.2) is 54.6 Å². The molecule has 2 aromatic carbocycles. The SMILES string of the molecule is O=C(N1CCC2(CC1)Nc1ccccc1NC2=O)C1(Cc2ccccc2)CNC1. The van der Waals surface area contributed by atoms with Gasteiger partial charge in [-0.3, -0.25) is 9.59 Å². The van der Waals surface area contributed by atoms with Crippen LogP contribution in [0, 0.1) is 5.41 Å². The summed E-state index contributed by atoms with van der Waals surface area (Å²) in [6.07, 6.45) is 1.99. The number of likely N-dealkylation sites (tertiary alicyclic amines) is 1. The number of anilines is 2. The average Bonchev–Trinajstić information content (AvgIpc) is 2.72. The van der Waals surface area contributed by atoms with E-state index >= 15 is 0 Å². The molecule has 1 spiro atoms. The molecule has 150 valence electrons. The minimum atomic E-state index is -0.629. The van der Waals surface area contributed by atoms with Gasteiger partial charge in [-0.1, -0.05) is 42.5 Å². The fraction of sp³-hybridized carbons (Fsp3) is 0.391. The molecule has 3 aliphatic rings. The number of piperidine rings is 1. The van der Waals surface area contributed by atoms with Gasteiger partial charge in [-0.2, -0.15) is 0 Å². The molecule has 6 heteroatoms. The molecule has 0 unspecified atom stereocenters. The van der Waals surface area contributed by atoms with Crippen LogP contribution in [0.5, 0.6) is 0 Å². The summed E-state index contributed by atoms with van der Waals surface area (Å²) < 4.78 is 0. The van der Waals surface area contributed by atoms with Gasteiger partial charge in [-0.15, -0.1) is 0 Å². The Morgan fingerprint density at radius 1 is 0.931 bits per heavy atom. The summed E-state index contributed by atoms with van der Waals surface area (Å²) in [5.41, 5.74) is 1.98. The monoisotopic (exact) mass is 390 g/mol. The number of para-hydroxylation sites is 2. The Kier molecular flexibility index (Phi) is 4.32. The molecular weight excluding hydrogens is 364 g/mol. The molecule has 0 aliphatic carbocycles. The van der Waals surface area contributed by atoms with E-state index in [-0.39, 0.29) is 17.2 Å². The van der Waals surface area contributed by atoms with Crippen LogP contribution in [-0.4, -0.2) is 48.4 Å². The van der Waals surface area contributed by atoms with Crippen LogP contribution in [0.25, 0.3) is 0 Å². The molecule has 2 aromatic rings. The summed E-state index contributed by atoms with van der Waals surface area (Å²) in [5.74, 6) is 0.221. The highest BCUT2D eigenvalue weighted by atomic mass is 16.2. The van der Waals surface area contributed by atoms with Crippen LogP contribution >= 0.6 is 0 Å². The standard InChI is InChI=1S/C23H26N4O2/c28-20-23(26-19-9-5-4-8-18(19)25-20)10-12-27(13-11-23)21(29)22(15-24-16-22)14-17-6-2-1-3-7-17/h1-9,24,26H,10-16H2,(H,25,28). The lowest BCUT2D eigenvalue weighted by atomic mass is 9.74. The van der Waals surface area contributed by atoms with Crippen LogP contribution in [0.4, 0.5) is 11.4 Å². The van der Waals surface area contributed by atoms with Gasteiger partial charge in [0.2, 0.25) is 11.8 Å². The Morgan fingerprint density at radius 3 is 2.24 bits per heavy atom. The quantitative estimate of drug-likeness (QED) is 0.752. The van der Waals surface area contributed by atoms with Crippen LogP contribution in [0.2, 0.25) is 0 Å². The minimum absolute atomic E-state index is 0.00705. The van der Waals surface area contributed by atoms with Gasteiger partial charge in [0, 0.05) is 26.2 Å². The number of nitrogens with one attached hydrogen (secondary N) is 3. The zero-order valence-electron chi connectivity index (χ0n) is 16.4. The molecule has 2 fully saturated rings. The zero-order valence-corrected chi connectivity index (χ0v) is 16.4. The minimum Gasteiger partial charge on any atom is -0.369 e. The van der Waals surface area contributed by atoms with E-state index < -0.39 is 5.54 Å². The van der Waals surface area contributed by atoms with Crippen LogP contribution < -0.4 is 16.0 Å². The fourth-order valence-corrected chi connectivity index (χ4v) is 4.80. The molecule has 6 nitrogen and oxygen atoms in total. The Bertz CT molecular complexity index is 931. The van der Waals surface area contributed by atoms with Crippen molar-refractivity contribution in [2.75, 3.05) is 36.8 Å². The fourth-order valence-electron chi connectivity index (χ4n) is 4.80. The van der Waals surface area contributed by atoms with Crippen LogP contribution in [0.3, 0.4) is 0 Å². The smallest absolute Gasteiger partial charge is 0.250 e. The number of rotatable bonds is 3. The maximum Gasteiger partial charge on any atom is 0.250 e. The Morgan fingerprint density at radius 2 is 1.59 bits per heavy atom. The molecule has 0 aromatic heterocycles. The number of amides is 2. The number of benzene rings is 2. The van der Waals surface area contributed by atoms with Gasteiger partial charge in [0.05, 0.1) is 16.8 Å². The number of hydrogen-bond donors (Lipinski definition) is 3. The topological polar surface area (TPSA) is 73.5 Å². The summed E-state index contributed by atoms with van der Waals surface area (Å²) in [4.78, 5) is 28.2. The first-order valence-corrected chi connectivity index (χ1v) is 10.3. The number of hydrogen-bond acceptors (Lipinski definition) is 4. The molecule has 3 heterocycles. The maximum absolute atomic E-state index is 13.4. The van der Waals surface area contributed by atoms with Crippen molar-refractivity contribution in [1.29, 1.82) is 0 Å². The molecule has 2 saturated heterocycles. The average molecular weight is 390 g/mol. The van der Waals surface area contributed by atoms with Crippen molar-refractivity contribution in [1.82, 2.24) is 10.2 Å². The highest BCUT2D eigenvalue weighted by molar-refractivity contribution is 6.06.